The van der Waals surface area contributed by atoms with Crippen LogP contribution in [-0.4, -0.2) is 17.7 Å². The number of nitrogens with zero attached hydrogens (tertiary/aromatic N) is 1. The highest BCUT2D eigenvalue weighted by atomic mass is 35.5. The van der Waals surface area contributed by atoms with E-state index in [0.29, 0.717) is 38.2 Å². The molecule has 3 aromatic rings. The molecule has 9 heteroatoms. The molecular formula is C24H16Cl3N3O3. The molecule has 1 aliphatic rings. The van der Waals surface area contributed by atoms with Gasteiger partial charge in [-0.05, 0) is 73.2 Å². The number of carbonyl (C=O) groups is 3. The Morgan fingerprint density at radius 3 is 2.12 bits per heavy atom. The Balaban J connectivity index is 1.50. The third kappa shape index (κ3) is 4.59. The van der Waals surface area contributed by atoms with Gasteiger partial charge in [-0.2, -0.15) is 0 Å². The minimum Gasteiger partial charge on any atom is -0.350 e. The van der Waals surface area contributed by atoms with E-state index in [1.165, 1.54) is 0 Å². The first-order valence-electron chi connectivity index (χ1n) is 9.74. The Morgan fingerprint density at radius 2 is 1.45 bits per heavy atom. The highest BCUT2D eigenvalue weighted by Crippen LogP contribution is 2.34. The van der Waals surface area contributed by atoms with Gasteiger partial charge in [-0.25, -0.2) is 4.90 Å². The van der Waals surface area contributed by atoms with E-state index in [0.717, 1.165) is 4.90 Å². The van der Waals surface area contributed by atoms with Crippen LogP contribution in [0.1, 0.15) is 15.9 Å². The molecule has 0 aliphatic carbocycles. The lowest BCUT2D eigenvalue weighted by molar-refractivity contribution is -0.120. The first-order chi connectivity index (χ1) is 15.8. The summed E-state index contributed by atoms with van der Waals surface area (Å²) in [6, 6.07) is 18.1. The van der Waals surface area contributed by atoms with Crippen LogP contribution in [0.4, 0.5) is 17.1 Å². The number of anilines is 3. The Kier molecular flexibility index (Phi) is 6.42. The molecule has 0 bridgehead atoms. The minimum atomic E-state index is -0.645. The summed E-state index contributed by atoms with van der Waals surface area (Å²) in [6.45, 7) is 1.71. The molecule has 3 amide bonds. The largest absolute Gasteiger partial charge is 0.350 e. The molecule has 3 aromatic carbocycles. The van der Waals surface area contributed by atoms with Crippen LogP contribution in [0.15, 0.2) is 77.5 Å². The fraction of sp³-hybridized carbons (Fsp3) is 0.0417. The van der Waals surface area contributed by atoms with Gasteiger partial charge in [0.25, 0.3) is 17.7 Å². The van der Waals surface area contributed by atoms with E-state index in [1.807, 2.05) is 0 Å². The summed E-state index contributed by atoms with van der Waals surface area (Å²) in [7, 11) is 0. The second-order valence-electron chi connectivity index (χ2n) is 7.18. The molecule has 33 heavy (non-hydrogen) atoms. The molecule has 0 unspecified atom stereocenters. The minimum absolute atomic E-state index is 0.0561. The van der Waals surface area contributed by atoms with Crippen molar-refractivity contribution in [3.05, 3.63) is 98.6 Å². The zero-order chi connectivity index (χ0) is 23.7. The molecule has 0 radical (unpaired) electrons. The second-order valence-corrected chi connectivity index (χ2v) is 8.40. The van der Waals surface area contributed by atoms with Gasteiger partial charge in [0.05, 0.1) is 5.69 Å². The summed E-state index contributed by atoms with van der Waals surface area (Å²) >= 11 is 18.2. The van der Waals surface area contributed by atoms with Gasteiger partial charge in [0.1, 0.15) is 10.7 Å². The van der Waals surface area contributed by atoms with Crippen molar-refractivity contribution in [1.29, 1.82) is 0 Å². The SMILES string of the molecule is Cc1c(Cl)cccc1N1C(=O)C(Cl)=C(Nc2ccc(C(=O)Nc3ccc(Cl)cc3)cc2)C1=O. The van der Waals surface area contributed by atoms with Gasteiger partial charge in [0.2, 0.25) is 0 Å². The quantitative estimate of drug-likeness (QED) is 0.422. The van der Waals surface area contributed by atoms with Crippen LogP contribution in [0, 0.1) is 6.92 Å². The molecule has 0 spiro atoms. The van der Waals surface area contributed by atoms with Crippen LogP contribution in [0.3, 0.4) is 0 Å². The highest BCUT2D eigenvalue weighted by molar-refractivity contribution is 6.53. The van der Waals surface area contributed by atoms with Gasteiger partial charge < -0.3 is 10.6 Å². The number of benzene rings is 3. The van der Waals surface area contributed by atoms with Crippen molar-refractivity contribution in [2.75, 3.05) is 15.5 Å². The summed E-state index contributed by atoms with van der Waals surface area (Å²) in [6.07, 6.45) is 0. The number of halogens is 3. The molecule has 1 heterocycles. The van der Waals surface area contributed by atoms with Crippen molar-refractivity contribution in [3.8, 4) is 0 Å². The van der Waals surface area contributed by atoms with E-state index < -0.39 is 11.8 Å². The highest BCUT2D eigenvalue weighted by Gasteiger charge is 2.39. The van der Waals surface area contributed by atoms with Gasteiger partial charge in [-0.15, -0.1) is 0 Å². The normalized spacial score (nSPS) is 13.5. The zero-order valence-electron chi connectivity index (χ0n) is 17.2. The van der Waals surface area contributed by atoms with E-state index in [9.17, 15) is 14.4 Å². The lowest BCUT2D eigenvalue weighted by atomic mass is 10.1. The van der Waals surface area contributed by atoms with Crippen molar-refractivity contribution in [3.63, 3.8) is 0 Å². The number of amides is 3. The fourth-order valence-electron chi connectivity index (χ4n) is 3.25. The van der Waals surface area contributed by atoms with Gasteiger partial charge in [0.15, 0.2) is 0 Å². The topological polar surface area (TPSA) is 78.5 Å². The maximum Gasteiger partial charge on any atom is 0.283 e. The number of hydrogen-bond donors (Lipinski definition) is 2. The van der Waals surface area contributed by atoms with Gasteiger partial charge in [0, 0.05) is 27.0 Å². The summed E-state index contributed by atoms with van der Waals surface area (Å²) < 4.78 is 0. The van der Waals surface area contributed by atoms with E-state index >= 15 is 0 Å². The van der Waals surface area contributed by atoms with E-state index in [-0.39, 0.29) is 16.6 Å². The van der Waals surface area contributed by atoms with Crippen molar-refractivity contribution in [2.24, 2.45) is 0 Å². The summed E-state index contributed by atoms with van der Waals surface area (Å²) in [4.78, 5) is 39.1. The Hall–Kier alpha value is -3.32. The van der Waals surface area contributed by atoms with Crippen LogP contribution in [0.25, 0.3) is 0 Å². The van der Waals surface area contributed by atoms with Crippen LogP contribution in [0.2, 0.25) is 10.0 Å². The average molecular weight is 501 g/mol. The number of rotatable bonds is 5. The number of carbonyl (C=O) groups excluding carboxylic acids is 3. The molecule has 0 saturated heterocycles. The molecule has 166 valence electrons. The van der Waals surface area contributed by atoms with Crippen molar-refractivity contribution < 1.29 is 14.4 Å². The number of imide groups is 1. The van der Waals surface area contributed by atoms with Crippen molar-refractivity contribution >= 4 is 69.6 Å². The first-order valence-corrected chi connectivity index (χ1v) is 10.9. The lowest BCUT2D eigenvalue weighted by Crippen LogP contribution is -2.32. The molecule has 0 atom stereocenters. The smallest absolute Gasteiger partial charge is 0.283 e. The molecule has 0 saturated carbocycles. The van der Waals surface area contributed by atoms with E-state index in [4.69, 9.17) is 34.8 Å². The predicted octanol–water partition coefficient (Wildman–Crippen LogP) is 5.99. The first kappa shape index (κ1) is 22.9. The van der Waals surface area contributed by atoms with Crippen LogP contribution in [0.5, 0.6) is 0 Å². The number of nitrogens with one attached hydrogen (secondary N) is 2. The Bertz CT molecular complexity index is 1300. The Morgan fingerprint density at radius 1 is 0.818 bits per heavy atom. The summed E-state index contributed by atoms with van der Waals surface area (Å²) in [5, 5.41) is 6.42. The molecular weight excluding hydrogens is 485 g/mol. The molecule has 2 N–H and O–H groups in total. The third-order valence-corrected chi connectivity index (χ3v) is 6.04. The van der Waals surface area contributed by atoms with Gasteiger partial charge in [-0.3, -0.25) is 14.4 Å². The molecule has 1 aliphatic heterocycles. The molecule has 6 nitrogen and oxygen atoms in total. The monoisotopic (exact) mass is 499 g/mol. The van der Waals surface area contributed by atoms with E-state index in [2.05, 4.69) is 10.6 Å². The van der Waals surface area contributed by atoms with Crippen LogP contribution < -0.4 is 15.5 Å². The summed E-state index contributed by atoms with van der Waals surface area (Å²) in [5.74, 6) is -1.55. The lowest BCUT2D eigenvalue weighted by Gasteiger charge is -2.18. The third-order valence-electron chi connectivity index (χ3n) is 5.03. The second kappa shape index (κ2) is 9.27. The molecule has 4 rings (SSSR count). The van der Waals surface area contributed by atoms with Crippen molar-refractivity contribution in [2.45, 2.75) is 6.92 Å². The fourth-order valence-corrected chi connectivity index (χ4v) is 3.76. The van der Waals surface area contributed by atoms with Crippen molar-refractivity contribution in [1.82, 2.24) is 0 Å². The standard InChI is InChI=1S/C24H16Cl3N3O3/c1-13-18(26)3-2-4-19(13)30-23(32)20(27)21(24(30)33)28-16-9-5-14(6-10-16)22(31)29-17-11-7-15(25)8-12-17/h2-12,28H,1H3,(H,29,31). The van der Waals surface area contributed by atoms with E-state index in [1.54, 1.807) is 73.7 Å². The average Bonchev–Trinajstić information content (AvgIpc) is 3.01. The summed E-state index contributed by atoms with van der Waals surface area (Å²) in [5.41, 5.74) is 2.39. The zero-order valence-corrected chi connectivity index (χ0v) is 19.4. The van der Waals surface area contributed by atoms with Crippen LogP contribution >= 0.6 is 34.8 Å². The predicted molar refractivity (Wildman–Crippen MR) is 131 cm³/mol. The Labute approximate surface area is 204 Å². The molecule has 0 fully saturated rings. The molecule has 0 aromatic heterocycles. The van der Waals surface area contributed by atoms with Gasteiger partial charge >= 0.3 is 0 Å². The van der Waals surface area contributed by atoms with Gasteiger partial charge in [-0.1, -0.05) is 40.9 Å². The maximum atomic E-state index is 13.0. The maximum absolute atomic E-state index is 13.0. The van der Waals surface area contributed by atoms with Crippen LogP contribution in [-0.2, 0) is 9.59 Å². The number of hydrogen-bond acceptors (Lipinski definition) is 4.